The molecule has 0 amide bonds. The van der Waals surface area contributed by atoms with Crippen LogP contribution in [0.1, 0.15) is 29.9 Å². The van der Waals surface area contributed by atoms with E-state index < -0.39 is 0 Å². The Morgan fingerprint density at radius 1 is 1.39 bits per heavy atom. The first kappa shape index (κ1) is 19.4. The van der Waals surface area contributed by atoms with E-state index in [1.807, 2.05) is 37.3 Å². The van der Waals surface area contributed by atoms with Crippen LogP contribution >= 0.6 is 23.1 Å². The van der Waals surface area contributed by atoms with Gasteiger partial charge >= 0.3 is 0 Å². The smallest absolute Gasteiger partial charge is 0.267 e. The predicted octanol–water partition coefficient (Wildman–Crippen LogP) is 5.13. The maximum absolute atomic E-state index is 13.7. The van der Waals surface area contributed by atoms with Gasteiger partial charge in [-0.2, -0.15) is 0 Å². The van der Waals surface area contributed by atoms with Crippen LogP contribution in [0.25, 0.3) is 15.9 Å². The first-order valence-corrected chi connectivity index (χ1v) is 11.3. The second-order valence-electron chi connectivity index (χ2n) is 7.45. The molecule has 1 atom stereocenters. The average molecular weight is 413 g/mol. The molecule has 2 aromatic heterocycles. The van der Waals surface area contributed by atoms with E-state index in [9.17, 15) is 4.79 Å². The lowest BCUT2D eigenvalue weighted by atomic mass is 9.96. The minimum atomic E-state index is 0.0160. The molecule has 0 spiro atoms. The normalized spacial score (nSPS) is 16.5. The van der Waals surface area contributed by atoms with Gasteiger partial charge in [0.05, 0.1) is 23.8 Å². The Labute approximate surface area is 173 Å². The van der Waals surface area contributed by atoms with Gasteiger partial charge in [-0.05, 0) is 30.5 Å². The molecule has 1 aliphatic rings. The van der Waals surface area contributed by atoms with E-state index >= 15 is 0 Å². The van der Waals surface area contributed by atoms with Gasteiger partial charge in [0.1, 0.15) is 4.83 Å². The van der Waals surface area contributed by atoms with Gasteiger partial charge in [0.25, 0.3) is 5.56 Å². The summed E-state index contributed by atoms with van der Waals surface area (Å²) in [5.74, 6) is 1.12. The molecular formula is C22H24N2O2S2. The average Bonchev–Trinajstić information content (AvgIpc) is 3.05. The largest absolute Gasteiger partial charge is 0.372 e. The molecule has 0 fully saturated rings. The zero-order valence-electron chi connectivity index (χ0n) is 16.4. The molecule has 3 aromatic rings. The summed E-state index contributed by atoms with van der Waals surface area (Å²) in [6.45, 7) is 10.7. The molecule has 0 N–H and O–H groups in total. The molecule has 0 unspecified atom stereocenters. The number of hydrogen-bond donors (Lipinski definition) is 0. The zero-order valence-corrected chi connectivity index (χ0v) is 18.0. The highest BCUT2D eigenvalue weighted by Gasteiger charge is 2.28. The van der Waals surface area contributed by atoms with Crippen molar-refractivity contribution in [1.29, 1.82) is 0 Å². The van der Waals surface area contributed by atoms with Crippen LogP contribution in [0.2, 0.25) is 0 Å². The molecule has 4 rings (SSSR count). The SMILES string of the molecule is C=CCSc1nc2sc3c(c2c(=O)n1-c1ccc(C)cc1)C[C@H](C(C)C)OC3. The molecule has 4 nitrogen and oxygen atoms in total. The molecular weight excluding hydrogens is 388 g/mol. The fraction of sp³-hybridized carbons (Fsp3) is 0.364. The third-order valence-corrected chi connectivity index (χ3v) is 7.11. The highest BCUT2D eigenvalue weighted by molar-refractivity contribution is 7.99. The molecule has 0 saturated heterocycles. The van der Waals surface area contributed by atoms with Crippen molar-refractivity contribution in [2.45, 2.75) is 45.1 Å². The Bertz CT molecular complexity index is 1080. The Morgan fingerprint density at radius 2 is 2.14 bits per heavy atom. The molecule has 1 aromatic carbocycles. The molecule has 0 saturated carbocycles. The highest BCUT2D eigenvalue weighted by atomic mass is 32.2. The number of fused-ring (bicyclic) bond motifs is 3. The summed E-state index contributed by atoms with van der Waals surface area (Å²) >= 11 is 3.13. The van der Waals surface area contributed by atoms with E-state index in [1.165, 1.54) is 11.8 Å². The maximum atomic E-state index is 13.7. The zero-order chi connectivity index (χ0) is 19.8. The molecule has 3 heterocycles. The van der Waals surface area contributed by atoms with Crippen LogP contribution < -0.4 is 5.56 Å². The summed E-state index contributed by atoms with van der Waals surface area (Å²) in [6.07, 6.45) is 2.75. The number of rotatable bonds is 5. The third kappa shape index (κ3) is 3.45. The lowest BCUT2D eigenvalue weighted by molar-refractivity contribution is 0.00200. The number of thiophene rings is 1. The molecule has 6 heteroatoms. The lowest BCUT2D eigenvalue weighted by Crippen LogP contribution is -2.28. The van der Waals surface area contributed by atoms with Crippen LogP contribution in [0.15, 0.2) is 46.9 Å². The number of hydrogen-bond acceptors (Lipinski definition) is 5. The van der Waals surface area contributed by atoms with Crippen molar-refractivity contribution in [2.75, 3.05) is 5.75 Å². The van der Waals surface area contributed by atoms with Gasteiger partial charge in [-0.3, -0.25) is 9.36 Å². The lowest BCUT2D eigenvalue weighted by Gasteiger charge is -2.26. The third-order valence-electron chi connectivity index (χ3n) is 5.08. The first-order chi connectivity index (χ1) is 13.5. The Morgan fingerprint density at radius 3 is 2.82 bits per heavy atom. The summed E-state index contributed by atoms with van der Waals surface area (Å²) in [5, 5.41) is 1.47. The van der Waals surface area contributed by atoms with Crippen molar-refractivity contribution in [1.82, 2.24) is 9.55 Å². The van der Waals surface area contributed by atoms with Gasteiger partial charge in [0.2, 0.25) is 0 Å². The molecule has 1 aliphatic heterocycles. The van der Waals surface area contributed by atoms with Gasteiger partial charge in [0, 0.05) is 17.1 Å². The van der Waals surface area contributed by atoms with Crippen molar-refractivity contribution >= 4 is 33.3 Å². The van der Waals surface area contributed by atoms with Crippen LogP contribution in [-0.2, 0) is 17.8 Å². The van der Waals surface area contributed by atoms with Crippen LogP contribution in [0.4, 0.5) is 0 Å². The number of ether oxygens (including phenoxy) is 1. The van der Waals surface area contributed by atoms with Crippen LogP contribution in [0.5, 0.6) is 0 Å². The highest BCUT2D eigenvalue weighted by Crippen LogP contribution is 2.36. The van der Waals surface area contributed by atoms with Crippen molar-refractivity contribution in [2.24, 2.45) is 5.92 Å². The molecule has 0 bridgehead atoms. The molecule has 28 heavy (non-hydrogen) atoms. The van der Waals surface area contributed by atoms with E-state index in [-0.39, 0.29) is 11.7 Å². The molecule has 0 aliphatic carbocycles. The molecule has 0 radical (unpaired) electrons. The van der Waals surface area contributed by atoms with Gasteiger partial charge in [-0.15, -0.1) is 17.9 Å². The predicted molar refractivity (Wildman–Crippen MR) is 118 cm³/mol. The van der Waals surface area contributed by atoms with Gasteiger partial charge < -0.3 is 4.74 Å². The summed E-state index contributed by atoms with van der Waals surface area (Å²) < 4.78 is 7.77. The summed E-state index contributed by atoms with van der Waals surface area (Å²) in [7, 11) is 0. The fourth-order valence-corrected chi connectivity index (χ4v) is 5.40. The summed E-state index contributed by atoms with van der Waals surface area (Å²) in [6, 6.07) is 8.03. The first-order valence-electron chi connectivity index (χ1n) is 9.49. The maximum Gasteiger partial charge on any atom is 0.267 e. The van der Waals surface area contributed by atoms with Crippen molar-refractivity contribution < 1.29 is 4.74 Å². The molecule has 146 valence electrons. The number of aromatic nitrogens is 2. The topological polar surface area (TPSA) is 44.1 Å². The van der Waals surface area contributed by atoms with Crippen molar-refractivity contribution in [3.05, 3.63) is 63.3 Å². The standard InChI is InChI=1S/C22H24N2O2S2/c1-5-10-27-22-23-20-19(16-11-17(13(2)3)26-12-18(16)28-20)21(25)24(22)15-8-6-14(4)7-9-15/h5-9,13,17H,1,10-12H2,2-4H3/t17-/m1/s1. The Balaban J connectivity index is 1.94. The second kappa shape index (κ2) is 7.85. The minimum absolute atomic E-state index is 0.0160. The summed E-state index contributed by atoms with van der Waals surface area (Å²) in [4.78, 5) is 20.5. The Kier molecular flexibility index (Phi) is 5.45. The number of aryl methyl sites for hydroxylation is 1. The quantitative estimate of drug-likeness (QED) is 0.331. The fourth-order valence-electron chi connectivity index (χ4n) is 3.49. The number of nitrogens with zero attached hydrogens (tertiary/aromatic N) is 2. The summed E-state index contributed by atoms with van der Waals surface area (Å²) in [5.41, 5.74) is 3.16. The minimum Gasteiger partial charge on any atom is -0.372 e. The van der Waals surface area contributed by atoms with Gasteiger partial charge in [-0.25, -0.2) is 4.98 Å². The van der Waals surface area contributed by atoms with Gasteiger partial charge in [0.15, 0.2) is 5.16 Å². The number of thioether (sulfide) groups is 1. The van der Waals surface area contributed by atoms with E-state index in [0.717, 1.165) is 38.3 Å². The van der Waals surface area contributed by atoms with E-state index in [1.54, 1.807) is 15.9 Å². The van der Waals surface area contributed by atoms with Crippen molar-refractivity contribution in [3.8, 4) is 5.69 Å². The van der Waals surface area contributed by atoms with E-state index in [4.69, 9.17) is 9.72 Å². The Hall–Kier alpha value is -1.89. The van der Waals surface area contributed by atoms with Crippen LogP contribution in [-0.4, -0.2) is 21.4 Å². The second-order valence-corrected chi connectivity index (χ2v) is 9.52. The van der Waals surface area contributed by atoms with Gasteiger partial charge in [-0.1, -0.05) is 49.4 Å². The van der Waals surface area contributed by atoms with Crippen LogP contribution in [0.3, 0.4) is 0 Å². The van der Waals surface area contributed by atoms with Crippen LogP contribution in [0, 0.1) is 12.8 Å². The number of benzene rings is 1. The van der Waals surface area contributed by atoms with E-state index in [2.05, 4.69) is 20.4 Å². The monoisotopic (exact) mass is 412 g/mol. The van der Waals surface area contributed by atoms with E-state index in [0.29, 0.717) is 23.4 Å². The van der Waals surface area contributed by atoms with Crippen molar-refractivity contribution in [3.63, 3.8) is 0 Å².